The van der Waals surface area contributed by atoms with E-state index in [1.165, 1.54) is 13.2 Å². The number of nitrogens with zero attached hydrogens (tertiary/aromatic N) is 2. The van der Waals surface area contributed by atoms with Gasteiger partial charge in [-0.2, -0.15) is 0 Å². The summed E-state index contributed by atoms with van der Waals surface area (Å²) < 4.78 is 43.9. The minimum absolute atomic E-state index is 0.140. The Hall–Kier alpha value is -2.90. The maximum atomic E-state index is 14.4. The first kappa shape index (κ1) is 22.8. The van der Waals surface area contributed by atoms with Crippen molar-refractivity contribution in [2.75, 3.05) is 13.7 Å². The molecule has 1 aliphatic heterocycles. The number of carbonyl (C=O) groups excluding carboxylic acids is 1. The molecule has 1 atom stereocenters. The molecule has 1 aromatic carbocycles. The highest BCUT2D eigenvalue weighted by atomic mass is 19.1. The molecule has 2 aromatic rings. The van der Waals surface area contributed by atoms with Crippen LogP contribution in [0.5, 0.6) is 11.6 Å². The average Bonchev–Trinajstić information content (AvgIpc) is 2.72. The number of carbonyl (C=O) groups is 1. The summed E-state index contributed by atoms with van der Waals surface area (Å²) in [6.45, 7) is 5.95. The summed E-state index contributed by atoms with van der Waals surface area (Å²) in [4.78, 5) is 18.9. The quantitative estimate of drug-likeness (QED) is 0.630. The second kappa shape index (κ2) is 9.49. The molecule has 1 saturated heterocycles. The molecule has 6 nitrogen and oxygen atoms in total. The van der Waals surface area contributed by atoms with E-state index in [0.717, 1.165) is 25.3 Å². The first-order chi connectivity index (χ1) is 14.7. The number of hydrogen-bond donors (Lipinski definition) is 0. The summed E-state index contributed by atoms with van der Waals surface area (Å²) in [5.74, 6) is -1.74. The number of ether oxygens (including phenoxy) is 3. The molecule has 0 N–H and O–H groups in total. The van der Waals surface area contributed by atoms with Crippen molar-refractivity contribution >= 4 is 6.09 Å². The summed E-state index contributed by atoms with van der Waals surface area (Å²) in [6.07, 6.45) is 2.26. The zero-order valence-corrected chi connectivity index (χ0v) is 18.3. The van der Waals surface area contributed by atoms with Crippen molar-refractivity contribution in [2.24, 2.45) is 0 Å². The van der Waals surface area contributed by atoms with E-state index in [2.05, 4.69) is 4.98 Å². The number of hydrogen-bond acceptors (Lipinski definition) is 5. The van der Waals surface area contributed by atoms with Crippen molar-refractivity contribution in [3.63, 3.8) is 0 Å². The first-order valence-electron chi connectivity index (χ1n) is 10.3. The molecule has 2 heterocycles. The topological polar surface area (TPSA) is 60.9 Å². The van der Waals surface area contributed by atoms with E-state index in [9.17, 15) is 13.6 Å². The van der Waals surface area contributed by atoms with Gasteiger partial charge in [0.2, 0.25) is 5.88 Å². The SMILES string of the molecule is COc1c(F)ccc(COc2cccc(C3CCCCN3C(=O)OC(C)(C)C)n2)c1F. The number of benzene rings is 1. The van der Waals surface area contributed by atoms with Crippen molar-refractivity contribution in [3.05, 3.63) is 53.2 Å². The molecule has 1 aliphatic rings. The Morgan fingerprint density at radius 2 is 1.97 bits per heavy atom. The fourth-order valence-corrected chi connectivity index (χ4v) is 3.50. The molecule has 0 spiro atoms. The monoisotopic (exact) mass is 434 g/mol. The molecule has 0 radical (unpaired) electrons. The Morgan fingerprint density at radius 1 is 1.19 bits per heavy atom. The summed E-state index contributed by atoms with van der Waals surface area (Å²) in [7, 11) is 1.21. The Kier molecular flexibility index (Phi) is 6.97. The summed E-state index contributed by atoms with van der Waals surface area (Å²) in [5.41, 5.74) is 0.247. The van der Waals surface area contributed by atoms with Crippen LogP contribution in [0.3, 0.4) is 0 Å². The van der Waals surface area contributed by atoms with Crippen LogP contribution in [0.15, 0.2) is 30.3 Å². The van der Waals surface area contributed by atoms with Gasteiger partial charge in [-0.15, -0.1) is 0 Å². The zero-order valence-electron chi connectivity index (χ0n) is 18.3. The molecule has 1 fully saturated rings. The Labute approximate surface area is 181 Å². The third-order valence-corrected chi connectivity index (χ3v) is 4.93. The third kappa shape index (κ3) is 5.62. The molecule has 1 aromatic heterocycles. The minimum Gasteiger partial charge on any atom is -0.491 e. The van der Waals surface area contributed by atoms with E-state index in [1.54, 1.807) is 17.0 Å². The first-order valence-corrected chi connectivity index (χ1v) is 10.3. The summed E-state index contributed by atoms with van der Waals surface area (Å²) in [6, 6.07) is 7.48. The number of methoxy groups -OCH3 is 1. The average molecular weight is 434 g/mol. The van der Waals surface area contributed by atoms with Crippen molar-refractivity contribution in [3.8, 4) is 11.6 Å². The fourth-order valence-electron chi connectivity index (χ4n) is 3.50. The largest absolute Gasteiger partial charge is 0.491 e. The smallest absolute Gasteiger partial charge is 0.410 e. The molecular weight excluding hydrogens is 406 g/mol. The standard InChI is InChI=1S/C23H28F2N2O4/c1-23(2,3)31-22(28)27-13-6-5-9-18(27)17-8-7-10-19(26-17)30-14-15-11-12-16(24)21(29-4)20(15)25/h7-8,10-12,18H,5-6,9,13-14H2,1-4H3. The number of amides is 1. The highest BCUT2D eigenvalue weighted by Crippen LogP contribution is 2.32. The normalized spacial score (nSPS) is 16.7. The number of piperidine rings is 1. The second-order valence-corrected chi connectivity index (χ2v) is 8.43. The third-order valence-electron chi connectivity index (χ3n) is 4.93. The van der Waals surface area contributed by atoms with E-state index >= 15 is 0 Å². The number of aromatic nitrogens is 1. The van der Waals surface area contributed by atoms with Crippen LogP contribution in [0.25, 0.3) is 0 Å². The fraction of sp³-hybridized carbons (Fsp3) is 0.478. The van der Waals surface area contributed by atoms with E-state index in [4.69, 9.17) is 14.2 Å². The molecule has 8 heteroatoms. The van der Waals surface area contributed by atoms with Crippen LogP contribution in [0, 0.1) is 11.6 Å². The van der Waals surface area contributed by atoms with Crippen LogP contribution in [-0.4, -0.2) is 35.2 Å². The van der Waals surface area contributed by atoms with Gasteiger partial charge >= 0.3 is 6.09 Å². The van der Waals surface area contributed by atoms with Gasteiger partial charge in [0.1, 0.15) is 12.2 Å². The maximum absolute atomic E-state index is 14.4. The molecule has 0 aliphatic carbocycles. The van der Waals surface area contributed by atoms with Crippen molar-refractivity contribution in [1.29, 1.82) is 0 Å². The van der Waals surface area contributed by atoms with E-state index in [1.807, 2.05) is 26.8 Å². The minimum atomic E-state index is -0.804. The molecule has 1 unspecified atom stereocenters. The van der Waals surface area contributed by atoms with Gasteiger partial charge < -0.3 is 14.2 Å². The molecule has 168 valence electrons. The van der Waals surface area contributed by atoms with Gasteiger partial charge in [-0.05, 0) is 58.2 Å². The summed E-state index contributed by atoms with van der Waals surface area (Å²) >= 11 is 0. The van der Waals surface area contributed by atoms with Crippen molar-refractivity contribution in [1.82, 2.24) is 9.88 Å². The molecule has 0 saturated carbocycles. The lowest BCUT2D eigenvalue weighted by atomic mass is 9.99. The van der Waals surface area contributed by atoms with E-state index in [-0.39, 0.29) is 30.2 Å². The number of pyridine rings is 1. The number of halogens is 2. The molecular formula is C23H28F2N2O4. The predicted molar refractivity (Wildman–Crippen MR) is 111 cm³/mol. The van der Waals surface area contributed by atoms with Crippen LogP contribution in [-0.2, 0) is 11.3 Å². The van der Waals surface area contributed by atoms with Crippen LogP contribution in [0.2, 0.25) is 0 Å². The predicted octanol–water partition coefficient (Wildman–Crippen LogP) is 5.41. The van der Waals surface area contributed by atoms with Gasteiger partial charge in [0, 0.05) is 18.2 Å². The molecule has 0 bridgehead atoms. The Balaban J connectivity index is 1.75. The van der Waals surface area contributed by atoms with Gasteiger partial charge in [-0.1, -0.05) is 6.07 Å². The lowest BCUT2D eigenvalue weighted by Gasteiger charge is -2.36. The molecule has 1 amide bonds. The number of likely N-dealkylation sites (tertiary alicyclic amines) is 1. The van der Waals surface area contributed by atoms with Crippen LogP contribution in [0.4, 0.5) is 13.6 Å². The van der Waals surface area contributed by atoms with Crippen LogP contribution >= 0.6 is 0 Å². The second-order valence-electron chi connectivity index (χ2n) is 8.43. The van der Waals surface area contributed by atoms with Gasteiger partial charge in [-0.3, -0.25) is 4.90 Å². The van der Waals surface area contributed by atoms with E-state index in [0.29, 0.717) is 12.2 Å². The van der Waals surface area contributed by atoms with Gasteiger partial charge in [-0.25, -0.2) is 18.6 Å². The van der Waals surface area contributed by atoms with Gasteiger partial charge in [0.05, 0.1) is 18.8 Å². The maximum Gasteiger partial charge on any atom is 0.410 e. The van der Waals surface area contributed by atoms with Crippen molar-refractivity contribution in [2.45, 2.75) is 58.3 Å². The molecule has 31 heavy (non-hydrogen) atoms. The number of rotatable bonds is 5. The summed E-state index contributed by atoms with van der Waals surface area (Å²) in [5, 5.41) is 0. The van der Waals surface area contributed by atoms with Crippen molar-refractivity contribution < 1.29 is 27.8 Å². The lowest BCUT2D eigenvalue weighted by Crippen LogP contribution is -2.42. The van der Waals surface area contributed by atoms with Gasteiger partial charge in [0.25, 0.3) is 0 Å². The van der Waals surface area contributed by atoms with Gasteiger partial charge in [0.15, 0.2) is 17.4 Å². The highest BCUT2D eigenvalue weighted by molar-refractivity contribution is 5.69. The Morgan fingerprint density at radius 3 is 2.68 bits per heavy atom. The van der Waals surface area contributed by atoms with E-state index < -0.39 is 23.0 Å². The van der Waals surface area contributed by atoms with Crippen LogP contribution < -0.4 is 9.47 Å². The lowest BCUT2D eigenvalue weighted by molar-refractivity contribution is 0.00891. The molecule has 3 rings (SSSR count). The highest BCUT2D eigenvalue weighted by Gasteiger charge is 2.32. The zero-order chi connectivity index (χ0) is 22.6. The van der Waals surface area contributed by atoms with Crippen LogP contribution in [0.1, 0.15) is 57.3 Å². The Bertz CT molecular complexity index is 930.